The van der Waals surface area contributed by atoms with Gasteiger partial charge in [-0.2, -0.15) is 0 Å². The van der Waals surface area contributed by atoms with Gasteiger partial charge in [0.2, 0.25) is 0 Å². The van der Waals surface area contributed by atoms with Gasteiger partial charge in [-0.25, -0.2) is 9.78 Å². The highest BCUT2D eigenvalue weighted by molar-refractivity contribution is 6.05. The lowest BCUT2D eigenvalue weighted by Crippen LogP contribution is -2.14. The van der Waals surface area contributed by atoms with Gasteiger partial charge in [-0.15, -0.1) is 0 Å². The number of hydrogen-bond acceptors (Lipinski definition) is 4. The van der Waals surface area contributed by atoms with Crippen LogP contribution in [0.2, 0.25) is 0 Å². The van der Waals surface area contributed by atoms with Crippen LogP contribution in [0.25, 0.3) is 0 Å². The average molecular weight is 270 g/mol. The van der Waals surface area contributed by atoms with Gasteiger partial charge in [0, 0.05) is 17.4 Å². The van der Waals surface area contributed by atoms with Crippen LogP contribution in [0.3, 0.4) is 0 Å². The Hall–Kier alpha value is -2.69. The lowest BCUT2D eigenvalue weighted by atomic mass is 10.2. The fraction of sp³-hybridized carbons (Fsp3) is 0.133. The van der Waals surface area contributed by atoms with Crippen molar-refractivity contribution in [3.63, 3.8) is 0 Å². The zero-order valence-corrected chi connectivity index (χ0v) is 11.2. The van der Waals surface area contributed by atoms with Crippen LogP contribution in [0.5, 0.6) is 0 Å². The summed E-state index contributed by atoms with van der Waals surface area (Å²) in [5.41, 5.74) is 2.20. The van der Waals surface area contributed by atoms with Gasteiger partial charge in [-0.05, 0) is 36.8 Å². The summed E-state index contributed by atoms with van der Waals surface area (Å²) in [6, 6.07) is 10.4. The lowest BCUT2D eigenvalue weighted by Gasteiger charge is -2.06. The Morgan fingerprint density at radius 2 is 2.00 bits per heavy atom. The van der Waals surface area contributed by atoms with Crippen molar-refractivity contribution in [3.8, 4) is 0 Å². The maximum atomic E-state index is 12.1. The van der Waals surface area contributed by atoms with E-state index in [1.165, 1.54) is 25.4 Å². The zero-order chi connectivity index (χ0) is 14.5. The molecule has 0 saturated heterocycles. The number of esters is 1. The van der Waals surface area contributed by atoms with Crippen LogP contribution in [-0.4, -0.2) is 24.0 Å². The van der Waals surface area contributed by atoms with Crippen molar-refractivity contribution >= 4 is 17.6 Å². The van der Waals surface area contributed by atoms with Gasteiger partial charge in [0.1, 0.15) is 5.69 Å². The molecule has 0 spiro atoms. The molecule has 0 bridgehead atoms. The van der Waals surface area contributed by atoms with Crippen molar-refractivity contribution in [2.75, 3.05) is 12.4 Å². The standard InChI is InChI=1S/C15H14N2O3/c1-10-4-3-5-12(8-10)17-14(18)11-6-7-16-13(9-11)15(19)20-2/h3-9H,1-2H3,(H,17,18). The van der Waals surface area contributed by atoms with Gasteiger partial charge in [0.05, 0.1) is 7.11 Å². The monoisotopic (exact) mass is 270 g/mol. The molecule has 1 amide bonds. The summed E-state index contributed by atoms with van der Waals surface area (Å²) in [5.74, 6) is -0.877. The number of ether oxygens (including phenoxy) is 1. The Morgan fingerprint density at radius 1 is 1.20 bits per heavy atom. The molecule has 20 heavy (non-hydrogen) atoms. The summed E-state index contributed by atoms with van der Waals surface area (Å²) in [6.45, 7) is 1.94. The molecule has 0 atom stereocenters. The van der Waals surface area contributed by atoms with Crippen molar-refractivity contribution in [2.45, 2.75) is 6.92 Å². The normalized spacial score (nSPS) is 9.90. The SMILES string of the molecule is COC(=O)c1cc(C(=O)Nc2cccc(C)c2)ccn1. The molecule has 2 aromatic rings. The molecule has 5 heteroatoms. The number of benzene rings is 1. The summed E-state index contributed by atoms with van der Waals surface area (Å²) in [4.78, 5) is 27.3. The van der Waals surface area contributed by atoms with Crippen LogP contribution in [0.1, 0.15) is 26.4 Å². The van der Waals surface area contributed by atoms with Crippen LogP contribution in [0, 0.1) is 6.92 Å². The van der Waals surface area contributed by atoms with Gasteiger partial charge < -0.3 is 10.1 Å². The van der Waals surface area contributed by atoms with Crippen LogP contribution in [0.15, 0.2) is 42.6 Å². The first-order chi connectivity index (χ1) is 9.60. The zero-order valence-electron chi connectivity index (χ0n) is 11.2. The molecular weight excluding hydrogens is 256 g/mol. The Balaban J connectivity index is 2.19. The fourth-order valence-electron chi connectivity index (χ4n) is 1.71. The number of rotatable bonds is 3. The molecule has 1 N–H and O–H groups in total. The highest BCUT2D eigenvalue weighted by atomic mass is 16.5. The molecule has 0 saturated carbocycles. The fourth-order valence-corrected chi connectivity index (χ4v) is 1.71. The predicted octanol–water partition coefficient (Wildman–Crippen LogP) is 2.43. The van der Waals surface area contributed by atoms with Gasteiger partial charge in [-0.3, -0.25) is 4.79 Å². The molecule has 0 unspecified atom stereocenters. The molecule has 1 aromatic heterocycles. The summed E-state index contributed by atoms with van der Waals surface area (Å²) >= 11 is 0. The van der Waals surface area contributed by atoms with Crippen molar-refractivity contribution in [3.05, 3.63) is 59.4 Å². The summed E-state index contributed by atoms with van der Waals surface area (Å²) in [6.07, 6.45) is 1.40. The number of aromatic nitrogens is 1. The van der Waals surface area contributed by atoms with E-state index >= 15 is 0 Å². The molecular formula is C15H14N2O3. The molecule has 1 heterocycles. The minimum absolute atomic E-state index is 0.101. The third kappa shape index (κ3) is 3.20. The van der Waals surface area contributed by atoms with Crippen molar-refractivity contribution in [2.24, 2.45) is 0 Å². The molecule has 0 radical (unpaired) electrons. The number of aryl methyl sites for hydroxylation is 1. The number of anilines is 1. The van der Waals surface area contributed by atoms with Crippen LogP contribution in [0.4, 0.5) is 5.69 Å². The van der Waals surface area contributed by atoms with E-state index in [1.807, 2.05) is 25.1 Å². The number of pyridine rings is 1. The largest absolute Gasteiger partial charge is 0.464 e. The molecule has 0 aliphatic rings. The van der Waals surface area contributed by atoms with E-state index in [0.717, 1.165) is 5.56 Å². The second-order valence-corrected chi connectivity index (χ2v) is 4.24. The van der Waals surface area contributed by atoms with Crippen molar-refractivity contribution < 1.29 is 14.3 Å². The Kier molecular flexibility index (Phi) is 4.10. The molecule has 102 valence electrons. The smallest absolute Gasteiger partial charge is 0.356 e. The Bertz CT molecular complexity index is 653. The van der Waals surface area contributed by atoms with Gasteiger partial charge in [0.15, 0.2) is 0 Å². The number of hydrogen-bond donors (Lipinski definition) is 1. The van der Waals surface area contributed by atoms with E-state index in [0.29, 0.717) is 11.3 Å². The van der Waals surface area contributed by atoms with Crippen LogP contribution < -0.4 is 5.32 Å². The first-order valence-corrected chi connectivity index (χ1v) is 6.02. The third-order valence-electron chi connectivity index (χ3n) is 2.69. The number of amides is 1. The number of methoxy groups -OCH3 is 1. The maximum absolute atomic E-state index is 12.1. The molecule has 0 aliphatic heterocycles. The van der Waals surface area contributed by atoms with Gasteiger partial charge in [-0.1, -0.05) is 12.1 Å². The van der Waals surface area contributed by atoms with E-state index < -0.39 is 5.97 Å². The first-order valence-electron chi connectivity index (χ1n) is 6.02. The van der Waals surface area contributed by atoms with Crippen LogP contribution >= 0.6 is 0 Å². The maximum Gasteiger partial charge on any atom is 0.356 e. The minimum atomic E-state index is -0.574. The molecule has 0 aliphatic carbocycles. The topological polar surface area (TPSA) is 68.3 Å². The summed E-state index contributed by atoms with van der Waals surface area (Å²) < 4.78 is 4.57. The van der Waals surface area contributed by atoms with E-state index in [2.05, 4.69) is 15.0 Å². The second-order valence-electron chi connectivity index (χ2n) is 4.24. The van der Waals surface area contributed by atoms with E-state index in [-0.39, 0.29) is 11.6 Å². The van der Waals surface area contributed by atoms with Crippen molar-refractivity contribution in [1.29, 1.82) is 0 Å². The first kappa shape index (κ1) is 13.7. The molecule has 1 aromatic carbocycles. The quantitative estimate of drug-likeness (QED) is 0.870. The number of carbonyl (C=O) groups is 2. The van der Waals surface area contributed by atoms with Gasteiger partial charge >= 0.3 is 5.97 Å². The Morgan fingerprint density at radius 3 is 2.70 bits per heavy atom. The average Bonchev–Trinajstić information content (AvgIpc) is 2.46. The third-order valence-corrected chi connectivity index (χ3v) is 2.69. The number of nitrogens with zero attached hydrogens (tertiary/aromatic N) is 1. The van der Waals surface area contributed by atoms with Crippen molar-refractivity contribution in [1.82, 2.24) is 4.98 Å². The number of carbonyl (C=O) groups excluding carboxylic acids is 2. The lowest BCUT2D eigenvalue weighted by molar-refractivity contribution is 0.0594. The highest BCUT2D eigenvalue weighted by Crippen LogP contribution is 2.12. The highest BCUT2D eigenvalue weighted by Gasteiger charge is 2.12. The molecule has 5 nitrogen and oxygen atoms in total. The van der Waals surface area contributed by atoms with E-state index in [9.17, 15) is 9.59 Å². The molecule has 0 fully saturated rings. The number of nitrogens with one attached hydrogen (secondary N) is 1. The van der Waals surface area contributed by atoms with Crippen LogP contribution in [-0.2, 0) is 4.74 Å². The minimum Gasteiger partial charge on any atom is -0.464 e. The second kappa shape index (κ2) is 5.97. The summed E-state index contributed by atoms with van der Waals surface area (Å²) in [5, 5.41) is 2.76. The Labute approximate surface area is 116 Å². The van der Waals surface area contributed by atoms with E-state index in [1.54, 1.807) is 6.07 Å². The van der Waals surface area contributed by atoms with E-state index in [4.69, 9.17) is 0 Å². The predicted molar refractivity (Wildman–Crippen MR) is 74.7 cm³/mol. The summed E-state index contributed by atoms with van der Waals surface area (Å²) in [7, 11) is 1.27. The molecule has 2 rings (SSSR count). The van der Waals surface area contributed by atoms with Gasteiger partial charge in [0.25, 0.3) is 5.91 Å².